The van der Waals surface area contributed by atoms with Crippen molar-refractivity contribution in [2.45, 2.75) is 19.4 Å². The second-order valence-corrected chi connectivity index (χ2v) is 4.52. The van der Waals surface area contributed by atoms with Crippen LogP contribution in [0.2, 0.25) is 0 Å². The summed E-state index contributed by atoms with van der Waals surface area (Å²) in [4.78, 5) is 22.5. The highest BCUT2D eigenvalue weighted by atomic mass is 16.4. The highest BCUT2D eigenvalue weighted by Gasteiger charge is 2.26. The normalized spacial score (nSPS) is 10.6. The fraction of sp³-hybridized carbons (Fsp3) is 0.308. The highest BCUT2D eigenvalue weighted by molar-refractivity contribution is 5.93. The smallest absolute Gasteiger partial charge is 0.323 e. The number of aliphatic carboxylic acids is 1. The molecule has 1 amide bonds. The first-order chi connectivity index (χ1) is 8.85. The molecule has 0 aliphatic rings. The zero-order valence-corrected chi connectivity index (χ0v) is 10.7. The second kappa shape index (κ2) is 5.98. The van der Waals surface area contributed by atoms with Gasteiger partial charge in [0, 0.05) is 5.69 Å². The van der Waals surface area contributed by atoms with Crippen molar-refractivity contribution in [3.63, 3.8) is 0 Å². The van der Waals surface area contributed by atoms with Crippen LogP contribution in [0.25, 0.3) is 0 Å². The van der Waals surface area contributed by atoms with Gasteiger partial charge in [0.1, 0.15) is 5.54 Å². The Morgan fingerprint density at radius 1 is 1.42 bits per heavy atom. The van der Waals surface area contributed by atoms with Crippen molar-refractivity contribution < 1.29 is 14.7 Å². The van der Waals surface area contributed by atoms with Crippen molar-refractivity contribution in [2.75, 3.05) is 11.9 Å². The van der Waals surface area contributed by atoms with Crippen molar-refractivity contribution in [1.29, 1.82) is 5.26 Å². The van der Waals surface area contributed by atoms with Gasteiger partial charge in [0.05, 0.1) is 18.2 Å². The summed E-state index contributed by atoms with van der Waals surface area (Å²) in [5.41, 5.74) is -0.234. The SMILES string of the molecule is CC(C)(NCC(=O)Nc1cccc(C#N)c1)C(=O)O. The minimum Gasteiger partial charge on any atom is -0.480 e. The molecule has 0 atom stereocenters. The maximum atomic E-state index is 11.6. The van der Waals surface area contributed by atoms with E-state index in [4.69, 9.17) is 10.4 Å². The Hall–Kier alpha value is -2.39. The molecule has 6 nitrogen and oxygen atoms in total. The third kappa shape index (κ3) is 4.41. The molecule has 1 aromatic carbocycles. The molecular formula is C13H15N3O3. The van der Waals surface area contributed by atoms with E-state index in [2.05, 4.69) is 10.6 Å². The molecule has 100 valence electrons. The van der Waals surface area contributed by atoms with Gasteiger partial charge in [-0.05, 0) is 32.0 Å². The summed E-state index contributed by atoms with van der Waals surface area (Å²) in [5, 5.41) is 22.8. The van der Waals surface area contributed by atoms with Gasteiger partial charge in [-0.25, -0.2) is 0 Å². The van der Waals surface area contributed by atoms with Crippen LogP contribution in [0.3, 0.4) is 0 Å². The lowest BCUT2D eigenvalue weighted by Gasteiger charge is -2.20. The summed E-state index contributed by atoms with van der Waals surface area (Å²) in [5.74, 6) is -1.41. The molecule has 0 bridgehead atoms. The number of amides is 1. The number of hydrogen-bond donors (Lipinski definition) is 3. The van der Waals surface area contributed by atoms with Crippen LogP contribution in [0.4, 0.5) is 5.69 Å². The molecule has 1 rings (SSSR count). The number of nitrogens with zero attached hydrogens (tertiary/aromatic N) is 1. The van der Waals surface area contributed by atoms with Gasteiger partial charge >= 0.3 is 5.97 Å². The number of carbonyl (C=O) groups excluding carboxylic acids is 1. The molecule has 0 radical (unpaired) electrons. The molecule has 0 aliphatic heterocycles. The average Bonchev–Trinajstić information content (AvgIpc) is 2.36. The lowest BCUT2D eigenvalue weighted by molar-refractivity contribution is -0.143. The summed E-state index contributed by atoms with van der Waals surface area (Å²) in [6, 6.07) is 8.44. The van der Waals surface area contributed by atoms with Crippen molar-refractivity contribution in [1.82, 2.24) is 5.32 Å². The Balaban J connectivity index is 2.57. The molecule has 3 N–H and O–H groups in total. The van der Waals surface area contributed by atoms with Gasteiger partial charge in [0.2, 0.25) is 5.91 Å². The van der Waals surface area contributed by atoms with Crippen LogP contribution in [-0.2, 0) is 9.59 Å². The molecule has 0 aromatic heterocycles. The fourth-order valence-corrected chi connectivity index (χ4v) is 1.25. The van der Waals surface area contributed by atoms with Crippen molar-refractivity contribution in [3.05, 3.63) is 29.8 Å². The summed E-state index contributed by atoms with van der Waals surface area (Å²) < 4.78 is 0. The molecule has 0 saturated carbocycles. The minimum atomic E-state index is -1.17. The maximum Gasteiger partial charge on any atom is 0.323 e. The second-order valence-electron chi connectivity index (χ2n) is 4.52. The van der Waals surface area contributed by atoms with E-state index in [9.17, 15) is 9.59 Å². The Kier molecular flexibility index (Phi) is 4.62. The summed E-state index contributed by atoms with van der Waals surface area (Å²) in [6.45, 7) is 2.81. The molecule has 0 heterocycles. The number of nitrogens with one attached hydrogen (secondary N) is 2. The molecule has 0 fully saturated rings. The maximum absolute atomic E-state index is 11.6. The van der Waals surface area contributed by atoms with Crippen LogP contribution in [-0.4, -0.2) is 29.1 Å². The summed E-state index contributed by atoms with van der Waals surface area (Å²) in [7, 11) is 0. The summed E-state index contributed by atoms with van der Waals surface area (Å²) >= 11 is 0. The first-order valence-corrected chi connectivity index (χ1v) is 5.63. The number of nitriles is 1. The molecule has 0 spiro atoms. The Morgan fingerprint density at radius 2 is 2.11 bits per heavy atom. The number of carboxylic acids is 1. The quantitative estimate of drug-likeness (QED) is 0.732. The van der Waals surface area contributed by atoms with E-state index in [1.165, 1.54) is 13.8 Å². The van der Waals surface area contributed by atoms with E-state index >= 15 is 0 Å². The number of anilines is 1. The van der Waals surface area contributed by atoms with E-state index in [-0.39, 0.29) is 12.5 Å². The fourth-order valence-electron chi connectivity index (χ4n) is 1.25. The average molecular weight is 261 g/mol. The molecule has 19 heavy (non-hydrogen) atoms. The number of carboxylic acid groups (broad SMARTS) is 1. The minimum absolute atomic E-state index is 0.129. The van der Waals surface area contributed by atoms with E-state index in [0.717, 1.165) is 0 Å². The third-order valence-electron chi connectivity index (χ3n) is 2.50. The molecule has 1 aromatic rings. The van der Waals surface area contributed by atoms with Crippen LogP contribution in [0.15, 0.2) is 24.3 Å². The van der Waals surface area contributed by atoms with E-state index in [1.807, 2.05) is 6.07 Å². The monoisotopic (exact) mass is 261 g/mol. The van der Waals surface area contributed by atoms with Crippen LogP contribution < -0.4 is 10.6 Å². The number of carbonyl (C=O) groups is 2. The van der Waals surface area contributed by atoms with E-state index in [1.54, 1.807) is 24.3 Å². The van der Waals surface area contributed by atoms with Crippen LogP contribution >= 0.6 is 0 Å². The molecule has 0 aliphatic carbocycles. The number of rotatable bonds is 5. The zero-order valence-electron chi connectivity index (χ0n) is 10.7. The Labute approximate surface area is 111 Å². The van der Waals surface area contributed by atoms with Crippen LogP contribution in [0.5, 0.6) is 0 Å². The number of hydrogen-bond acceptors (Lipinski definition) is 4. The van der Waals surface area contributed by atoms with Gasteiger partial charge in [0.25, 0.3) is 0 Å². The van der Waals surface area contributed by atoms with Crippen molar-refractivity contribution >= 4 is 17.6 Å². The van der Waals surface area contributed by atoms with Gasteiger partial charge in [-0.1, -0.05) is 6.07 Å². The number of benzene rings is 1. The predicted molar refractivity (Wildman–Crippen MR) is 69.5 cm³/mol. The predicted octanol–water partition coefficient (Wildman–Crippen LogP) is 0.950. The summed E-state index contributed by atoms with van der Waals surface area (Å²) in [6.07, 6.45) is 0. The first kappa shape index (κ1) is 14.7. The van der Waals surface area contributed by atoms with Gasteiger partial charge in [0.15, 0.2) is 0 Å². The zero-order chi connectivity index (χ0) is 14.5. The molecule has 0 saturated heterocycles. The van der Waals surface area contributed by atoms with E-state index in [0.29, 0.717) is 11.3 Å². The lowest BCUT2D eigenvalue weighted by atomic mass is 10.1. The molecule has 6 heteroatoms. The standard InChI is InChI=1S/C13H15N3O3/c1-13(2,12(18)19)15-8-11(17)16-10-5-3-4-9(6-10)7-14/h3-6,15H,8H2,1-2H3,(H,16,17)(H,18,19). The lowest BCUT2D eigenvalue weighted by Crippen LogP contribution is -2.49. The van der Waals surface area contributed by atoms with Gasteiger partial charge in [-0.2, -0.15) is 5.26 Å². The van der Waals surface area contributed by atoms with Gasteiger partial charge in [-0.3, -0.25) is 14.9 Å². The first-order valence-electron chi connectivity index (χ1n) is 5.63. The van der Waals surface area contributed by atoms with Gasteiger partial charge < -0.3 is 10.4 Å². The highest BCUT2D eigenvalue weighted by Crippen LogP contribution is 2.09. The third-order valence-corrected chi connectivity index (χ3v) is 2.50. The van der Waals surface area contributed by atoms with Crippen LogP contribution in [0, 0.1) is 11.3 Å². The molecule has 0 unspecified atom stereocenters. The largest absolute Gasteiger partial charge is 0.480 e. The Bertz CT molecular complexity index is 532. The van der Waals surface area contributed by atoms with E-state index < -0.39 is 11.5 Å². The van der Waals surface area contributed by atoms with Gasteiger partial charge in [-0.15, -0.1) is 0 Å². The molecular weight excluding hydrogens is 246 g/mol. The Morgan fingerprint density at radius 3 is 2.68 bits per heavy atom. The van der Waals surface area contributed by atoms with Crippen LogP contribution in [0.1, 0.15) is 19.4 Å². The van der Waals surface area contributed by atoms with Crippen molar-refractivity contribution in [3.8, 4) is 6.07 Å². The topological polar surface area (TPSA) is 102 Å². The van der Waals surface area contributed by atoms with Crippen molar-refractivity contribution in [2.24, 2.45) is 0 Å².